The Morgan fingerprint density at radius 3 is 2.72 bits per heavy atom. The molecule has 0 saturated heterocycles. The minimum absolute atomic E-state index is 0.0874. The first-order valence-electron chi connectivity index (χ1n) is 8.35. The van der Waals surface area contributed by atoms with Crippen molar-refractivity contribution in [1.29, 1.82) is 0 Å². The largest absolute Gasteiger partial charge is 0.396 e. The van der Waals surface area contributed by atoms with Gasteiger partial charge < -0.3 is 15.0 Å². The number of aromatic amines is 1. The van der Waals surface area contributed by atoms with E-state index in [1.165, 1.54) is 0 Å². The van der Waals surface area contributed by atoms with E-state index in [2.05, 4.69) is 27.2 Å². The minimum Gasteiger partial charge on any atom is -0.396 e. The highest BCUT2D eigenvalue weighted by atomic mass is 16.3. The van der Waals surface area contributed by atoms with Gasteiger partial charge in [0, 0.05) is 25.9 Å². The van der Waals surface area contributed by atoms with Crippen molar-refractivity contribution < 1.29 is 5.11 Å². The van der Waals surface area contributed by atoms with Gasteiger partial charge in [-0.25, -0.2) is 9.78 Å². The fourth-order valence-electron chi connectivity index (χ4n) is 3.02. The number of aromatic nitrogens is 4. The summed E-state index contributed by atoms with van der Waals surface area (Å²) in [4.78, 5) is 34.5. The molecule has 1 aromatic rings. The van der Waals surface area contributed by atoms with Gasteiger partial charge >= 0.3 is 5.69 Å². The molecule has 2 aliphatic rings. The van der Waals surface area contributed by atoms with Crippen LogP contribution in [0.15, 0.2) is 21.7 Å². The molecule has 8 nitrogen and oxygen atoms in total. The summed E-state index contributed by atoms with van der Waals surface area (Å²) in [6.45, 7) is 2.67. The van der Waals surface area contributed by atoms with Gasteiger partial charge in [-0.05, 0) is 37.0 Å². The van der Waals surface area contributed by atoms with Gasteiger partial charge in [-0.15, -0.1) is 0 Å². The predicted octanol–water partition coefficient (Wildman–Crippen LogP) is 0.961. The third-order valence-corrected chi connectivity index (χ3v) is 4.27. The predicted molar refractivity (Wildman–Crippen MR) is 96.3 cm³/mol. The molecule has 0 unspecified atom stereocenters. The summed E-state index contributed by atoms with van der Waals surface area (Å²) in [6, 6.07) is 3.92. The van der Waals surface area contributed by atoms with E-state index in [0.717, 1.165) is 23.2 Å². The van der Waals surface area contributed by atoms with Gasteiger partial charge in [0.05, 0.1) is 11.0 Å². The summed E-state index contributed by atoms with van der Waals surface area (Å²) in [6.07, 6.45) is 2.14. The maximum atomic E-state index is 12.2. The molecule has 2 aliphatic heterocycles. The van der Waals surface area contributed by atoms with Gasteiger partial charge in [-0.1, -0.05) is 6.92 Å². The lowest BCUT2D eigenvalue weighted by molar-refractivity contribution is 0.281. The number of anilines is 1. The summed E-state index contributed by atoms with van der Waals surface area (Å²) >= 11 is 0. The van der Waals surface area contributed by atoms with Crippen molar-refractivity contribution in [3.63, 3.8) is 0 Å². The standard InChI is InChI=1S/C17H21N5O3/c1-3-10-8-12-13(9-11(10)18-2)22(6-4-5-7-23)15-14(19-12)16(24)21-17(25)20-15/h8-9,18,23H,3-7H2,1-2H3,(H,21,24,25). The maximum Gasteiger partial charge on any atom is 0.349 e. The summed E-state index contributed by atoms with van der Waals surface area (Å²) in [5.41, 5.74) is 2.46. The van der Waals surface area contributed by atoms with Crippen molar-refractivity contribution in [2.45, 2.75) is 32.7 Å². The Morgan fingerprint density at radius 2 is 2.04 bits per heavy atom. The van der Waals surface area contributed by atoms with Crippen LogP contribution in [0.3, 0.4) is 0 Å². The molecule has 1 aromatic carbocycles. The maximum absolute atomic E-state index is 12.2. The number of benzene rings is 1. The Kier molecular flexibility index (Phi) is 4.80. The van der Waals surface area contributed by atoms with Crippen molar-refractivity contribution in [3.8, 4) is 11.5 Å². The third-order valence-electron chi connectivity index (χ3n) is 4.27. The average Bonchev–Trinajstić information content (AvgIpc) is 2.60. The molecule has 0 saturated carbocycles. The Hall–Kier alpha value is -2.74. The van der Waals surface area contributed by atoms with Gasteiger partial charge in [-0.2, -0.15) is 4.98 Å². The Labute approximate surface area is 143 Å². The zero-order chi connectivity index (χ0) is 18.0. The van der Waals surface area contributed by atoms with Crippen molar-refractivity contribution in [2.75, 3.05) is 19.0 Å². The van der Waals surface area contributed by atoms with Crippen LogP contribution in [0.4, 0.5) is 5.69 Å². The van der Waals surface area contributed by atoms with Gasteiger partial charge in [0.25, 0.3) is 5.56 Å². The lowest BCUT2D eigenvalue weighted by Gasteiger charge is -2.18. The van der Waals surface area contributed by atoms with Crippen LogP contribution in [-0.4, -0.2) is 38.3 Å². The first kappa shape index (κ1) is 17.1. The molecule has 0 amide bonds. The molecule has 0 bridgehead atoms. The number of fused-ring (bicyclic) bond motifs is 2. The topological polar surface area (TPSA) is 113 Å². The molecule has 132 valence electrons. The van der Waals surface area contributed by atoms with Crippen LogP contribution in [0, 0.1) is 0 Å². The van der Waals surface area contributed by atoms with Crippen molar-refractivity contribution in [3.05, 3.63) is 38.5 Å². The lowest BCUT2D eigenvalue weighted by atomic mass is 10.1. The van der Waals surface area contributed by atoms with Gasteiger partial charge in [0.1, 0.15) is 0 Å². The number of unbranched alkanes of at least 4 members (excludes halogenated alkanes) is 1. The van der Waals surface area contributed by atoms with Gasteiger partial charge in [0.15, 0.2) is 11.5 Å². The number of aliphatic hydroxyl groups is 1. The Morgan fingerprint density at radius 1 is 1.24 bits per heavy atom. The van der Waals surface area contributed by atoms with Crippen LogP contribution in [0.25, 0.3) is 22.6 Å². The number of rotatable bonds is 6. The molecule has 2 heterocycles. The number of hydrogen-bond acceptors (Lipinski definition) is 6. The van der Waals surface area contributed by atoms with Crippen LogP contribution in [0.5, 0.6) is 0 Å². The molecule has 0 spiro atoms. The van der Waals surface area contributed by atoms with Crippen molar-refractivity contribution in [1.82, 2.24) is 19.5 Å². The number of nitrogens with one attached hydrogen (secondary N) is 2. The fourth-order valence-corrected chi connectivity index (χ4v) is 3.02. The highest BCUT2D eigenvalue weighted by Crippen LogP contribution is 2.27. The van der Waals surface area contributed by atoms with E-state index in [0.29, 0.717) is 24.9 Å². The molecule has 8 heteroatoms. The quantitative estimate of drug-likeness (QED) is 0.454. The SMILES string of the molecule is CCc1cc2nc3c(=O)[nH]c(=O)nc-3n(CCCCO)c2cc1NC. The molecular weight excluding hydrogens is 322 g/mol. The second-order valence-corrected chi connectivity index (χ2v) is 5.84. The minimum atomic E-state index is -0.687. The monoisotopic (exact) mass is 343 g/mol. The number of aliphatic hydroxyl groups excluding tert-OH is 1. The normalized spacial score (nSPS) is 11.3. The molecule has 0 aromatic heterocycles. The highest BCUT2D eigenvalue weighted by molar-refractivity contribution is 5.84. The molecular formula is C17H21N5O3. The Balaban J connectivity index is 2.37. The molecule has 3 N–H and O–H groups in total. The van der Waals surface area contributed by atoms with Crippen LogP contribution in [0.1, 0.15) is 25.3 Å². The summed E-state index contributed by atoms with van der Waals surface area (Å²) in [5.74, 6) is 0.269. The average molecular weight is 343 g/mol. The fraction of sp³-hybridized carbons (Fsp3) is 0.412. The van der Waals surface area contributed by atoms with Crippen LogP contribution >= 0.6 is 0 Å². The molecule has 0 fully saturated rings. The van der Waals surface area contributed by atoms with Crippen molar-refractivity contribution >= 4 is 16.7 Å². The van der Waals surface area contributed by atoms with E-state index in [1.54, 1.807) is 0 Å². The zero-order valence-corrected chi connectivity index (χ0v) is 14.3. The number of aryl methyl sites for hydroxylation is 2. The van der Waals surface area contributed by atoms with Crippen molar-refractivity contribution in [2.24, 2.45) is 0 Å². The molecule has 3 rings (SSSR count). The van der Waals surface area contributed by atoms with Gasteiger partial charge in [-0.3, -0.25) is 9.78 Å². The van der Waals surface area contributed by atoms with E-state index in [1.807, 2.05) is 23.7 Å². The molecule has 0 radical (unpaired) electrons. The van der Waals surface area contributed by atoms with Crippen LogP contribution < -0.4 is 16.6 Å². The highest BCUT2D eigenvalue weighted by Gasteiger charge is 2.19. The van der Waals surface area contributed by atoms with E-state index in [4.69, 9.17) is 5.11 Å². The van der Waals surface area contributed by atoms with Crippen LogP contribution in [-0.2, 0) is 13.0 Å². The zero-order valence-electron chi connectivity index (χ0n) is 14.3. The number of nitrogens with zero attached hydrogens (tertiary/aromatic N) is 3. The lowest BCUT2D eigenvalue weighted by Crippen LogP contribution is -2.29. The summed E-state index contributed by atoms with van der Waals surface area (Å²) in [7, 11) is 1.85. The smallest absolute Gasteiger partial charge is 0.349 e. The molecule has 25 heavy (non-hydrogen) atoms. The van der Waals surface area contributed by atoms with E-state index < -0.39 is 11.2 Å². The Bertz CT molecular complexity index is 992. The molecule has 0 aliphatic carbocycles. The summed E-state index contributed by atoms with van der Waals surface area (Å²) < 4.78 is 1.84. The third kappa shape index (κ3) is 3.12. The second kappa shape index (κ2) is 7.02. The van der Waals surface area contributed by atoms with Crippen LogP contribution in [0.2, 0.25) is 0 Å². The number of hydrogen-bond donors (Lipinski definition) is 3. The van der Waals surface area contributed by atoms with Gasteiger partial charge in [0.2, 0.25) is 0 Å². The number of H-pyrrole nitrogens is 1. The first-order chi connectivity index (χ1) is 12.1. The van der Waals surface area contributed by atoms with E-state index in [9.17, 15) is 9.59 Å². The molecule has 0 atom stereocenters. The second-order valence-electron chi connectivity index (χ2n) is 5.84. The first-order valence-corrected chi connectivity index (χ1v) is 8.35. The van der Waals surface area contributed by atoms with E-state index >= 15 is 0 Å². The van der Waals surface area contributed by atoms with E-state index in [-0.39, 0.29) is 18.1 Å². The summed E-state index contributed by atoms with van der Waals surface area (Å²) in [5, 5.41) is 12.2.